The summed E-state index contributed by atoms with van der Waals surface area (Å²) in [5.74, 6) is 0.821. The molecule has 18 heavy (non-hydrogen) atoms. The van der Waals surface area contributed by atoms with E-state index in [-0.39, 0.29) is 5.91 Å². The molecule has 1 atom stereocenters. The summed E-state index contributed by atoms with van der Waals surface area (Å²) in [6, 6.07) is 2.09. The number of carbonyl (C=O) groups is 1. The molecule has 1 saturated heterocycles. The Hall–Kier alpha value is -1.29. The largest absolute Gasteiger partial charge is 0.469 e. The molecular formula is C14H22N2O2. The van der Waals surface area contributed by atoms with Crippen molar-refractivity contribution in [3.05, 3.63) is 23.7 Å². The molecule has 1 fully saturated rings. The van der Waals surface area contributed by atoms with Crippen molar-refractivity contribution in [3.8, 4) is 0 Å². The maximum Gasteiger partial charge on any atom is 0.257 e. The van der Waals surface area contributed by atoms with Crippen LogP contribution in [0.4, 0.5) is 0 Å². The van der Waals surface area contributed by atoms with E-state index in [9.17, 15) is 4.79 Å². The summed E-state index contributed by atoms with van der Waals surface area (Å²) < 4.78 is 5.24. The van der Waals surface area contributed by atoms with E-state index >= 15 is 0 Å². The van der Waals surface area contributed by atoms with Crippen molar-refractivity contribution in [2.45, 2.75) is 39.2 Å². The first-order chi connectivity index (χ1) is 8.74. The molecule has 1 amide bonds. The van der Waals surface area contributed by atoms with Crippen molar-refractivity contribution in [2.24, 2.45) is 0 Å². The summed E-state index contributed by atoms with van der Waals surface area (Å²) in [4.78, 5) is 14.6. The van der Waals surface area contributed by atoms with Gasteiger partial charge in [0.25, 0.3) is 5.91 Å². The van der Waals surface area contributed by atoms with Crippen molar-refractivity contribution in [3.63, 3.8) is 0 Å². The lowest BCUT2D eigenvalue weighted by molar-refractivity contribution is 0.0647. The van der Waals surface area contributed by atoms with Gasteiger partial charge >= 0.3 is 0 Å². The van der Waals surface area contributed by atoms with E-state index in [4.69, 9.17) is 4.42 Å². The number of amides is 1. The number of nitrogens with one attached hydrogen (secondary N) is 1. The average molecular weight is 250 g/mol. The summed E-state index contributed by atoms with van der Waals surface area (Å²) in [7, 11) is 0. The third-order valence-electron chi connectivity index (χ3n) is 3.53. The third kappa shape index (κ3) is 2.75. The SMILES string of the molecule is CCCN(C(=O)c1ccoc1C)C1CCCNC1. The molecule has 2 heterocycles. The summed E-state index contributed by atoms with van der Waals surface area (Å²) in [5.41, 5.74) is 0.703. The minimum absolute atomic E-state index is 0.108. The minimum atomic E-state index is 0.108. The smallest absolute Gasteiger partial charge is 0.257 e. The Kier molecular flexibility index (Phi) is 4.42. The van der Waals surface area contributed by atoms with Crippen LogP contribution >= 0.6 is 0 Å². The van der Waals surface area contributed by atoms with E-state index in [1.54, 1.807) is 12.3 Å². The fourth-order valence-electron chi connectivity index (χ4n) is 2.55. The second-order valence-corrected chi connectivity index (χ2v) is 4.89. The Bertz CT molecular complexity index is 394. The van der Waals surface area contributed by atoms with Gasteiger partial charge in [-0.25, -0.2) is 0 Å². The van der Waals surface area contributed by atoms with Gasteiger partial charge in [-0.15, -0.1) is 0 Å². The fourth-order valence-corrected chi connectivity index (χ4v) is 2.55. The normalized spacial score (nSPS) is 19.8. The highest BCUT2D eigenvalue weighted by Gasteiger charge is 2.27. The van der Waals surface area contributed by atoms with Crippen molar-refractivity contribution in [2.75, 3.05) is 19.6 Å². The van der Waals surface area contributed by atoms with Crippen molar-refractivity contribution >= 4 is 5.91 Å². The van der Waals surface area contributed by atoms with Crippen LogP contribution in [0, 0.1) is 6.92 Å². The Labute approximate surface area is 108 Å². The first kappa shape index (κ1) is 13.1. The Morgan fingerprint density at radius 3 is 3.00 bits per heavy atom. The first-order valence-electron chi connectivity index (χ1n) is 6.79. The number of hydrogen-bond donors (Lipinski definition) is 1. The highest BCUT2D eigenvalue weighted by molar-refractivity contribution is 5.95. The van der Waals surface area contributed by atoms with Crippen molar-refractivity contribution < 1.29 is 9.21 Å². The van der Waals surface area contributed by atoms with Gasteiger partial charge < -0.3 is 14.6 Å². The molecule has 0 saturated carbocycles. The standard InChI is InChI=1S/C14H22N2O2/c1-3-8-16(12-5-4-7-15-10-12)14(17)13-6-9-18-11(13)2/h6,9,12,15H,3-5,7-8,10H2,1-2H3. The molecule has 1 unspecified atom stereocenters. The lowest BCUT2D eigenvalue weighted by Crippen LogP contribution is -2.49. The van der Waals surface area contributed by atoms with Gasteiger partial charge in [-0.2, -0.15) is 0 Å². The monoisotopic (exact) mass is 250 g/mol. The molecule has 4 nitrogen and oxygen atoms in total. The molecule has 1 aliphatic rings. The van der Waals surface area contributed by atoms with Crippen LogP contribution in [0.3, 0.4) is 0 Å². The van der Waals surface area contributed by atoms with Crippen molar-refractivity contribution in [1.29, 1.82) is 0 Å². The Balaban J connectivity index is 2.13. The minimum Gasteiger partial charge on any atom is -0.469 e. The topological polar surface area (TPSA) is 45.5 Å². The van der Waals surface area contributed by atoms with Gasteiger partial charge in [0.05, 0.1) is 11.8 Å². The summed E-state index contributed by atoms with van der Waals surface area (Å²) >= 11 is 0. The number of carbonyl (C=O) groups excluding carboxylic acids is 1. The number of piperidine rings is 1. The van der Waals surface area contributed by atoms with Gasteiger partial charge in [0.1, 0.15) is 5.76 Å². The quantitative estimate of drug-likeness (QED) is 0.891. The summed E-state index contributed by atoms with van der Waals surface area (Å²) in [6.45, 7) is 6.74. The average Bonchev–Trinajstić information content (AvgIpc) is 2.82. The van der Waals surface area contributed by atoms with Crippen LogP contribution < -0.4 is 5.32 Å². The van der Waals surface area contributed by atoms with Crippen LogP contribution in [0.15, 0.2) is 16.7 Å². The zero-order valence-electron chi connectivity index (χ0n) is 11.2. The zero-order chi connectivity index (χ0) is 13.0. The van der Waals surface area contributed by atoms with Gasteiger partial charge in [-0.05, 0) is 38.8 Å². The molecule has 1 aromatic rings. The molecule has 0 aliphatic carbocycles. The van der Waals surface area contributed by atoms with Crippen LogP contribution in [0.25, 0.3) is 0 Å². The Morgan fingerprint density at radius 2 is 2.44 bits per heavy atom. The van der Waals surface area contributed by atoms with Crippen LogP contribution in [0.1, 0.15) is 42.3 Å². The van der Waals surface area contributed by atoms with E-state index in [1.165, 1.54) is 0 Å². The molecule has 1 aliphatic heterocycles. The third-order valence-corrected chi connectivity index (χ3v) is 3.53. The second kappa shape index (κ2) is 6.05. The van der Waals surface area contributed by atoms with Crippen LogP contribution in [-0.4, -0.2) is 36.5 Å². The van der Waals surface area contributed by atoms with Gasteiger partial charge in [0, 0.05) is 19.1 Å². The second-order valence-electron chi connectivity index (χ2n) is 4.89. The van der Waals surface area contributed by atoms with Crippen LogP contribution in [-0.2, 0) is 0 Å². The maximum absolute atomic E-state index is 12.6. The molecule has 4 heteroatoms. The van der Waals surface area contributed by atoms with E-state index in [0.717, 1.165) is 38.9 Å². The number of rotatable bonds is 4. The number of hydrogen-bond acceptors (Lipinski definition) is 3. The first-order valence-corrected chi connectivity index (χ1v) is 6.79. The predicted octanol–water partition coefficient (Wildman–Crippen LogP) is 2.19. The Morgan fingerprint density at radius 1 is 1.61 bits per heavy atom. The molecule has 0 spiro atoms. The lowest BCUT2D eigenvalue weighted by Gasteiger charge is -2.34. The highest BCUT2D eigenvalue weighted by Crippen LogP contribution is 2.17. The van der Waals surface area contributed by atoms with Crippen LogP contribution in [0.5, 0.6) is 0 Å². The van der Waals surface area contributed by atoms with Gasteiger partial charge in [0.2, 0.25) is 0 Å². The number of furan rings is 1. The van der Waals surface area contributed by atoms with Gasteiger partial charge in [-0.3, -0.25) is 4.79 Å². The van der Waals surface area contributed by atoms with E-state index in [2.05, 4.69) is 12.2 Å². The lowest BCUT2D eigenvalue weighted by atomic mass is 10.0. The van der Waals surface area contributed by atoms with E-state index in [1.807, 2.05) is 11.8 Å². The molecule has 2 rings (SSSR count). The number of aryl methyl sites for hydroxylation is 1. The number of nitrogens with zero attached hydrogens (tertiary/aromatic N) is 1. The van der Waals surface area contributed by atoms with Gasteiger partial charge in [0.15, 0.2) is 0 Å². The molecule has 0 bridgehead atoms. The molecule has 100 valence electrons. The van der Waals surface area contributed by atoms with E-state index in [0.29, 0.717) is 17.4 Å². The molecule has 1 aromatic heterocycles. The zero-order valence-corrected chi connectivity index (χ0v) is 11.2. The maximum atomic E-state index is 12.6. The predicted molar refractivity (Wildman–Crippen MR) is 70.7 cm³/mol. The molecular weight excluding hydrogens is 228 g/mol. The van der Waals surface area contributed by atoms with E-state index < -0.39 is 0 Å². The molecule has 1 N–H and O–H groups in total. The molecule has 0 aromatic carbocycles. The van der Waals surface area contributed by atoms with Gasteiger partial charge in [-0.1, -0.05) is 6.92 Å². The summed E-state index contributed by atoms with van der Waals surface area (Å²) in [6.07, 6.45) is 4.81. The van der Waals surface area contributed by atoms with Crippen LogP contribution in [0.2, 0.25) is 0 Å². The van der Waals surface area contributed by atoms with Crippen molar-refractivity contribution in [1.82, 2.24) is 10.2 Å². The highest BCUT2D eigenvalue weighted by atomic mass is 16.3. The molecule has 0 radical (unpaired) electrons. The summed E-state index contributed by atoms with van der Waals surface area (Å²) in [5, 5.41) is 3.37. The fraction of sp³-hybridized carbons (Fsp3) is 0.643.